The van der Waals surface area contributed by atoms with E-state index in [1.807, 2.05) is 30.3 Å². The molecule has 0 saturated heterocycles. The van der Waals surface area contributed by atoms with Crippen LogP contribution >= 0.6 is 0 Å². The first-order chi connectivity index (χ1) is 11.4. The Bertz CT molecular complexity index is 863. The van der Waals surface area contributed by atoms with Crippen LogP contribution in [0, 0.1) is 0 Å². The number of hydrogen-bond donors (Lipinski definition) is 0. The molecule has 5 nitrogen and oxygen atoms in total. The smallest absolute Gasteiger partial charge is 0.243 e. The van der Waals surface area contributed by atoms with Crippen molar-refractivity contribution in [1.82, 2.24) is 4.31 Å². The second-order valence-electron chi connectivity index (χ2n) is 5.96. The van der Waals surface area contributed by atoms with Gasteiger partial charge in [-0.3, -0.25) is 4.79 Å². The molecule has 0 spiro atoms. The standard InChI is InChI=1S/C18H20N2O3S/c1-14(21)20-11-10-16-12-17(8-9-18(16)20)24(22,23)19(2)13-15-6-4-3-5-7-15/h3-9,12H,10-11,13H2,1-2H3. The Hall–Kier alpha value is -2.18. The number of amides is 1. The highest BCUT2D eigenvalue weighted by Crippen LogP contribution is 2.31. The zero-order valence-corrected chi connectivity index (χ0v) is 14.6. The lowest BCUT2D eigenvalue weighted by atomic mass is 10.2. The Morgan fingerprint density at radius 3 is 2.54 bits per heavy atom. The highest BCUT2D eigenvalue weighted by Gasteiger charge is 2.26. The van der Waals surface area contributed by atoms with Gasteiger partial charge in [-0.2, -0.15) is 4.31 Å². The van der Waals surface area contributed by atoms with Gasteiger partial charge in [-0.1, -0.05) is 30.3 Å². The second kappa shape index (κ2) is 6.37. The number of anilines is 1. The largest absolute Gasteiger partial charge is 0.312 e. The number of benzene rings is 2. The lowest BCUT2D eigenvalue weighted by Crippen LogP contribution is -2.27. The first-order valence-electron chi connectivity index (χ1n) is 7.81. The Morgan fingerprint density at radius 2 is 1.88 bits per heavy atom. The molecule has 3 rings (SSSR count). The van der Waals surface area contributed by atoms with Gasteiger partial charge in [0, 0.05) is 32.7 Å². The van der Waals surface area contributed by atoms with Crippen molar-refractivity contribution in [2.75, 3.05) is 18.5 Å². The molecule has 2 aromatic rings. The SMILES string of the molecule is CC(=O)N1CCc2cc(S(=O)(=O)N(C)Cc3ccccc3)ccc21. The summed E-state index contributed by atoms with van der Waals surface area (Å²) < 4.78 is 26.9. The van der Waals surface area contributed by atoms with Crippen molar-refractivity contribution in [1.29, 1.82) is 0 Å². The summed E-state index contributed by atoms with van der Waals surface area (Å²) in [6, 6.07) is 14.5. The number of carbonyl (C=O) groups is 1. The van der Waals surface area contributed by atoms with E-state index in [0.717, 1.165) is 16.8 Å². The van der Waals surface area contributed by atoms with E-state index in [4.69, 9.17) is 0 Å². The quantitative estimate of drug-likeness (QED) is 0.856. The van der Waals surface area contributed by atoms with E-state index in [9.17, 15) is 13.2 Å². The minimum atomic E-state index is -3.57. The highest BCUT2D eigenvalue weighted by atomic mass is 32.2. The summed E-state index contributed by atoms with van der Waals surface area (Å²) in [4.78, 5) is 13.6. The van der Waals surface area contributed by atoms with Crippen LogP contribution in [0.5, 0.6) is 0 Å². The second-order valence-corrected chi connectivity index (χ2v) is 8.00. The van der Waals surface area contributed by atoms with Gasteiger partial charge < -0.3 is 4.90 Å². The van der Waals surface area contributed by atoms with E-state index in [0.29, 0.717) is 19.5 Å². The fourth-order valence-corrected chi connectivity index (χ4v) is 4.18. The zero-order chi connectivity index (χ0) is 17.3. The summed E-state index contributed by atoms with van der Waals surface area (Å²) in [6.45, 7) is 2.45. The maximum atomic E-state index is 12.8. The van der Waals surface area contributed by atoms with Crippen LogP contribution in [0.15, 0.2) is 53.4 Å². The minimum absolute atomic E-state index is 0.0226. The molecule has 0 radical (unpaired) electrons. The van der Waals surface area contributed by atoms with E-state index in [2.05, 4.69) is 0 Å². The number of nitrogens with zero attached hydrogens (tertiary/aromatic N) is 2. The van der Waals surface area contributed by atoms with Gasteiger partial charge in [0.05, 0.1) is 4.90 Å². The molecule has 0 fully saturated rings. The molecular weight excluding hydrogens is 324 g/mol. The van der Waals surface area contributed by atoms with E-state index < -0.39 is 10.0 Å². The lowest BCUT2D eigenvalue weighted by molar-refractivity contribution is -0.116. The van der Waals surface area contributed by atoms with Crippen molar-refractivity contribution in [3.05, 3.63) is 59.7 Å². The van der Waals surface area contributed by atoms with Crippen LogP contribution in [0.25, 0.3) is 0 Å². The van der Waals surface area contributed by atoms with E-state index in [1.165, 1.54) is 11.2 Å². The Balaban J connectivity index is 1.87. The van der Waals surface area contributed by atoms with Crippen LogP contribution in [0.2, 0.25) is 0 Å². The van der Waals surface area contributed by atoms with Gasteiger partial charge >= 0.3 is 0 Å². The maximum Gasteiger partial charge on any atom is 0.243 e. The van der Waals surface area contributed by atoms with Crippen LogP contribution < -0.4 is 4.90 Å². The van der Waals surface area contributed by atoms with Gasteiger partial charge in [-0.05, 0) is 35.7 Å². The average Bonchev–Trinajstić information content (AvgIpc) is 2.99. The summed E-state index contributed by atoms with van der Waals surface area (Å²) in [5.41, 5.74) is 2.65. The fraction of sp³-hybridized carbons (Fsp3) is 0.278. The highest BCUT2D eigenvalue weighted by molar-refractivity contribution is 7.89. The third kappa shape index (κ3) is 3.07. The summed E-state index contributed by atoms with van der Waals surface area (Å²) in [6.07, 6.45) is 0.681. The average molecular weight is 344 g/mol. The van der Waals surface area contributed by atoms with Crippen molar-refractivity contribution in [3.63, 3.8) is 0 Å². The maximum absolute atomic E-state index is 12.8. The van der Waals surface area contributed by atoms with Gasteiger partial charge in [-0.25, -0.2) is 8.42 Å². The molecular formula is C18H20N2O3S. The molecule has 24 heavy (non-hydrogen) atoms. The van der Waals surface area contributed by atoms with Crippen LogP contribution in [-0.2, 0) is 27.8 Å². The van der Waals surface area contributed by atoms with Crippen LogP contribution in [-0.4, -0.2) is 32.2 Å². The molecule has 1 aliphatic rings. The Labute approximate surface area is 142 Å². The lowest BCUT2D eigenvalue weighted by Gasteiger charge is -2.19. The minimum Gasteiger partial charge on any atom is -0.312 e. The number of carbonyl (C=O) groups excluding carboxylic acids is 1. The zero-order valence-electron chi connectivity index (χ0n) is 13.8. The summed E-state index contributed by atoms with van der Waals surface area (Å²) in [5, 5.41) is 0. The fourth-order valence-electron chi connectivity index (χ4n) is 2.97. The van der Waals surface area contributed by atoms with E-state index in [-0.39, 0.29) is 10.8 Å². The van der Waals surface area contributed by atoms with Crippen molar-refractivity contribution in [2.45, 2.75) is 24.8 Å². The van der Waals surface area contributed by atoms with Crippen LogP contribution in [0.4, 0.5) is 5.69 Å². The van der Waals surface area contributed by atoms with E-state index >= 15 is 0 Å². The predicted octanol–water partition coefficient (Wildman–Crippen LogP) is 2.42. The molecule has 0 bridgehead atoms. The normalized spacial score (nSPS) is 14.0. The van der Waals surface area contributed by atoms with Gasteiger partial charge in [0.15, 0.2) is 0 Å². The van der Waals surface area contributed by atoms with E-state index in [1.54, 1.807) is 30.1 Å². The first kappa shape index (κ1) is 16.7. The van der Waals surface area contributed by atoms with Crippen LogP contribution in [0.3, 0.4) is 0 Å². The molecule has 1 heterocycles. The third-order valence-electron chi connectivity index (χ3n) is 4.28. The number of sulfonamides is 1. The van der Waals surface area contributed by atoms with Crippen molar-refractivity contribution >= 4 is 21.6 Å². The molecule has 1 aliphatic heterocycles. The molecule has 126 valence electrons. The summed E-state index contributed by atoms with van der Waals surface area (Å²) in [5.74, 6) is -0.0226. The van der Waals surface area contributed by atoms with Crippen molar-refractivity contribution in [2.24, 2.45) is 0 Å². The molecule has 0 saturated carbocycles. The summed E-state index contributed by atoms with van der Waals surface area (Å²) in [7, 11) is -1.99. The Morgan fingerprint density at radius 1 is 1.17 bits per heavy atom. The van der Waals surface area contributed by atoms with Crippen LogP contribution in [0.1, 0.15) is 18.1 Å². The molecule has 0 unspecified atom stereocenters. The van der Waals surface area contributed by atoms with Gasteiger partial charge in [-0.15, -0.1) is 0 Å². The first-order valence-corrected chi connectivity index (χ1v) is 9.25. The number of rotatable bonds is 4. The molecule has 0 aliphatic carbocycles. The summed E-state index contributed by atoms with van der Waals surface area (Å²) >= 11 is 0. The van der Waals surface area contributed by atoms with Crippen molar-refractivity contribution < 1.29 is 13.2 Å². The molecule has 2 aromatic carbocycles. The molecule has 0 N–H and O–H groups in total. The topological polar surface area (TPSA) is 57.7 Å². The van der Waals surface area contributed by atoms with Gasteiger partial charge in [0.1, 0.15) is 0 Å². The Kier molecular flexibility index (Phi) is 4.43. The van der Waals surface area contributed by atoms with Gasteiger partial charge in [0.2, 0.25) is 15.9 Å². The molecule has 0 atom stereocenters. The van der Waals surface area contributed by atoms with Crippen molar-refractivity contribution in [3.8, 4) is 0 Å². The number of fused-ring (bicyclic) bond motifs is 1. The number of hydrogen-bond acceptors (Lipinski definition) is 3. The molecule has 1 amide bonds. The third-order valence-corrected chi connectivity index (χ3v) is 6.08. The molecule has 6 heteroatoms. The monoisotopic (exact) mass is 344 g/mol. The van der Waals surface area contributed by atoms with Gasteiger partial charge in [0.25, 0.3) is 0 Å². The molecule has 0 aromatic heterocycles. The predicted molar refractivity (Wildman–Crippen MR) is 93.3 cm³/mol.